The number of hydrogen-bond donors (Lipinski definition) is 1. The Morgan fingerprint density at radius 2 is 2.12 bits per heavy atom. The number of aromatic amines is 1. The molecule has 1 heterocycles. The van der Waals surface area contributed by atoms with E-state index >= 15 is 0 Å². The minimum atomic E-state index is 0.441. The zero-order chi connectivity index (χ0) is 11.4. The van der Waals surface area contributed by atoms with Crippen LogP contribution in [0, 0.1) is 11.3 Å². The van der Waals surface area contributed by atoms with Gasteiger partial charge in [-0.2, -0.15) is 5.26 Å². The molecule has 1 aromatic heterocycles. The van der Waals surface area contributed by atoms with Crippen molar-refractivity contribution in [1.29, 1.82) is 5.26 Å². The van der Waals surface area contributed by atoms with Crippen LogP contribution in [0.25, 0.3) is 11.3 Å². The minimum Gasteiger partial charge on any atom is -0.343 e. The van der Waals surface area contributed by atoms with Crippen LogP contribution in [0.3, 0.4) is 0 Å². The maximum atomic E-state index is 8.87. The molecule has 0 saturated heterocycles. The highest BCUT2D eigenvalue weighted by atomic mass is 32.2. The molecule has 0 aliphatic carbocycles. The third kappa shape index (κ3) is 2.10. The van der Waals surface area contributed by atoms with Crippen molar-refractivity contribution < 1.29 is 0 Å². The molecule has 0 fully saturated rings. The largest absolute Gasteiger partial charge is 0.343 e. The highest BCUT2D eigenvalue weighted by molar-refractivity contribution is 7.99. The second-order valence-electron chi connectivity index (χ2n) is 3.20. The highest BCUT2D eigenvalue weighted by Gasteiger charge is 2.06. The highest BCUT2D eigenvalue weighted by Crippen LogP contribution is 2.24. The Morgan fingerprint density at radius 3 is 2.75 bits per heavy atom. The zero-order valence-corrected chi connectivity index (χ0v) is 9.71. The molecule has 0 aliphatic rings. The van der Waals surface area contributed by atoms with Crippen LogP contribution in [-0.2, 0) is 0 Å². The van der Waals surface area contributed by atoms with Crippen LogP contribution in [0.4, 0.5) is 0 Å². The smallest absolute Gasteiger partial charge is 0.166 e. The minimum absolute atomic E-state index is 0.441. The zero-order valence-electron chi connectivity index (χ0n) is 8.90. The summed E-state index contributed by atoms with van der Waals surface area (Å²) in [6.07, 6.45) is 1.54. The molecule has 0 bridgehead atoms. The van der Waals surface area contributed by atoms with Crippen molar-refractivity contribution in [3.63, 3.8) is 0 Å². The summed E-state index contributed by atoms with van der Waals surface area (Å²) in [4.78, 5) is 8.17. The van der Waals surface area contributed by atoms with E-state index in [-0.39, 0.29) is 0 Å². The van der Waals surface area contributed by atoms with E-state index in [4.69, 9.17) is 5.26 Å². The van der Waals surface area contributed by atoms with Gasteiger partial charge in [-0.15, -0.1) is 11.8 Å². The quantitative estimate of drug-likeness (QED) is 0.823. The molecule has 0 atom stereocenters. The van der Waals surface area contributed by atoms with Crippen LogP contribution in [0.1, 0.15) is 12.6 Å². The number of nitrogens with zero attached hydrogens (tertiary/aromatic N) is 2. The summed E-state index contributed by atoms with van der Waals surface area (Å²) in [7, 11) is 0. The van der Waals surface area contributed by atoms with Gasteiger partial charge in [0.1, 0.15) is 6.07 Å². The predicted molar refractivity (Wildman–Crippen MR) is 65.1 cm³/mol. The summed E-state index contributed by atoms with van der Waals surface area (Å²) in [6.45, 7) is 2.13. The van der Waals surface area contributed by atoms with Crippen molar-refractivity contribution in [2.75, 3.05) is 5.75 Å². The van der Waals surface area contributed by atoms with E-state index in [1.807, 2.05) is 12.1 Å². The molecule has 16 heavy (non-hydrogen) atoms. The number of nitriles is 1. The summed E-state index contributed by atoms with van der Waals surface area (Å²) in [5.74, 6) is 1.06. The van der Waals surface area contributed by atoms with Crippen molar-refractivity contribution in [2.45, 2.75) is 11.8 Å². The second-order valence-corrected chi connectivity index (χ2v) is 4.53. The lowest BCUT2D eigenvalue weighted by Gasteiger charge is -2.01. The number of benzene rings is 1. The summed E-state index contributed by atoms with van der Waals surface area (Å²) < 4.78 is 0. The van der Waals surface area contributed by atoms with E-state index in [2.05, 4.69) is 35.1 Å². The Labute approximate surface area is 98.5 Å². The number of rotatable bonds is 3. The van der Waals surface area contributed by atoms with Gasteiger partial charge in [-0.1, -0.05) is 19.1 Å². The molecule has 0 spiro atoms. The van der Waals surface area contributed by atoms with Crippen molar-refractivity contribution in [3.05, 3.63) is 36.3 Å². The van der Waals surface area contributed by atoms with Gasteiger partial charge in [0, 0.05) is 10.5 Å². The Balaban J connectivity index is 2.32. The standard InChI is InChI=1S/C12H11N3S/c1-2-16-10-5-3-9(4-6-10)12-11(7-13)14-8-15-12/h3-6,8H,2H2,1H3,(H,14,15). The Kier molecular flexibility index (Phi) is 3.28. The maximum absolute atomic E-state index is 8.87. The molecule has 2 rings (SSSR count). The van der Waals surface area contributed by atoms with Crippen LogP contribution in [0.15, 0.2) is 35.5 Å². The number of aromatic nitrogens is 2. The summed E-state index contributed by atoms with van der Waals surface area (Å²) >= 11 is 1.80. The first-order valence-corrected chi connectivity index (χ1v) is 6.00. The Morgan fingerprint density at radius 1 is 1.38 bits per heavy atom. The molecule has 0 saturated carbocycles. The van der Waals surface area contributed by atoms with Gasteiger partial charge in [-0.05, 0) is 17.9 Å². The van der Waals surface area contributed by atoms with Crippen LogP contribution in [0.2, 0.25) is 0 Å². The lowest BCUT2D eigenvalue weighted by atomic mass is 10.1. The fourth-order valence-corrected chi connectivity index (χ4v) is 2.15. The first kappa shape index (κ1) is 10.8. The monoisotopic (exact) mass is 229 g/mol. The fraction of sp³-hybridized carbons (Fsp3) is 0.167. The van der Waals surface area contributed by atoms with Gasteiger partial charge in [0.2, 0.25) is 0 Å². The normalized spacial score (nSPS) is 10.0. The SMILES string of the molecule is CCSc1ccc(-c2[nH]cnc2C#N)cc1. The predicted octanol–water partition coefficient (Wildman–Crippen LogP) is 3.06. The Bertz CT molecular complexity index is 508. The van der Waals surface area contributed by atoms with Gasteiger partial charge in [0.25, 0.3) is 0 Å². The molecular formula is C12H11N3S. The average Bonchev–Trinajstić information content (AvgIpc) is 2.78. The molecule has 0 unspecified atom stereocenters. The number of nitrogens with one attached hydrogen (secondary N) is 1. The molecule has 4 heteroatoms. The lowest BCUT2D eigenvalue weighted by Crippen LogP contribution is -1.82. The molecule has 1 aromatic carbocycles. The van der Waals surface area contributed by atoms with Crippen LogP contribution < -0.4 is 0 Å². The molecule has 3 nitrogen and oxygen atoms in total. The average molecular weight is 229 g/mol. The van der Waals surface area contributed by atoms with Crippen LogP contribution >= 0.6 is 11.8 Å². The second kappa shape index (κ2) is 4.86. The first-order valence-electron chi connectivity index (χ1n) is 5.02. The van der Waals surface area contributed by atoms with Crippen molar-refractivity contribution >= 4 is 11.8 Å². The first-order chi connectivity index (χ1) is 7.85. The van der Waals surface area contributed by atoms with E-state index in [0.29, 0.717) is 5.69 Å². The van der Waals surface area contributed by atoms with Crippen LogP contribution in [-0.4, -0.2) is 15.7 Å². The van der Waals surface area contributed by atoms with E-state index in [0.717, 1.165) is 17.0 Å². The van der Waals surface area contributed by atoms with Crippen LogP contribution in [0.5, 0.6) is 0 Å². The summed E-state index contributed by atoms with van der Waals surface area (Å²) in [5, 5.41) is 8.87. The number of H-pyrrole nitrogens is 1. The molecule has 0 aliphatic heterocycles. The molecule has 0 radical (unpaired) electrons. The third-order valence-corrected chi connectivity index (χ3v) is 3.09. The van der Waals surface area contributed by atoms with Gasteiger partial charge in [-0.3, -0.25) is 0 Å². The summed E-state index contributed by atoms with van der Waals surface area (Å²) in [6, 6.07) is 10.2. The van der Waals surface area contributed by atoms with Gasteiger partial charge >= 0.3 is 0 Å². The van der Waals surface area contributed by atoms with E-state index < -0.39 is 0 Å². The van der Waals surface area contributed by atoms with Crippen molar-refractivity contribution in [3.8, 4) is 17.3 Å². The van der Waals surface area contributed by atoms with Gasteiger partial charge in [0.05, 0.1) is 12.0 Å². The van der Waals surface area contributed by atoms with Gasteiger partial charge < -0.3 is 4.98 Å². The molecule has 80 valence electrons. The van der Waals surface area contributed by atoms with Crippen molar-refractivity contribution in [2.24, 2.45) is 0 Å². The third-order valence-electron chi connectivity index (χ3n) is 2.20. The molecule has 0 amide bonds. The van der Waals surface area contributed by atoms with Gasteiger partial charge in [-0.25, -0.2) is 4.98 Å². The van der Waals surface area contributed by atoms with Crippen molar-refractivity contribution in [1.82, 2.24) is 9.97 Å². The van der Waals surface area contributed by atoms with Gasteiger partial charge in [0.15, 0.2) is 5.69 Å². The topological polar surface area (TPSA) is 52.5 Å². The Hall–Kier alpha value is -1.73. The number of imidazole rings is 1. The molecule has 2 aromatic rings. The van der Waals surface area contributed by atoms with E-state index in [1.165, 1.54) is 4.90 Å². The fourth-order valence-electron chi connectivity index (χ4n) is 1.48. The number of hydrogen-bond acceptors (Lipinski definition) is 3. The maximum Gasteiger partial charge on any atom is 0.166 e. The number of thioether (sulfide) groups is 1. The lowest BCUT2D eigenvalue weighted by molar-refractivity contribution is 1.29. The summed E-state index contributed by atoms with van der Waals surface area (Å²) in [5.41, 5.74) is 2.22. The molecule has 1 N–H and O–H groups in total. The van der Waals surface area contributed by atoms with E-state index in [9.17, 15) is 0 Å². The van der Waals surface area contributed by atoms with E-state index in [1.54, 1.807) is 18.1 Å². The molecular weight excluding hydrogens is 218 g/mol.